The first-order valence-corrected chi connectivity index (χ1v) is 11.5. The van der Waals surface area contributed by atoms with Crippen molar-refractivity contribution in [3.05, 3.63) is 70.8 Å². The van der Waals surface area contributed by atoms with Gasteiger partial charge in [-0.3, -0.25) is 4.72 Å². The van der Waals surface area contributed by atoms with Gasteiger partial charge in [0.15, 0.2) is 0 Å². The third-order valence-corrected chi connectivity index (χ3v) is 6.73. The van der Waals surface area contributed by atoms with Crippen LogP contribution in [0.5, 0.6) is 5.88 Å². The summed E-state index contributed by atoms with van der Waals surface area (Å²) >= 11 is 3.38. The Bertz CT molecular complexity index is 1480. The van der Waals surface area contributed by atoms with Crippen LogP contribution in [-0.2, 0) is 10.0 Å². The molecule has 0 bridgehead atoms. The molecule has 4 aromatic rings. The number of anilines is 2. The Morgan fingerprint density at radius 3 is 2.53 bits per heavy atom. The summed E-state index contributed by atoms with van der Waals surface area (Å²) in [5, 5.41) is 9.78. The molecule has 32 heavy (non-hydrogen) atoms. The molecule has 0 aliphatic heterocycles. The molecule has 3 N–H and O–H groups in total. The zero-order valence-corrected chi connectivity index (χ0v) is 19.1. The molecule has 10 heteroatoms. The lowest BCUT2D eigenvalue weighted by Gasteiger charge is -2.13. The van der Waals surface area contributed by atoms with E-state index in [1.54, 1.807) is 12.3 Å². The van der Waals surface area contributed by atoms with Gasteiger partial charge in [0.05, 0.1) is 33.6 Å². The molecule has 0 aliphatic rings. The van der Waals surface area contributed by atoms with Crippen LogP contribution in [0.1, 0.15) is 5.56 Å². The predicted octanol–water partition coefficient (Wildman–Crippen LogP) is 4.32. The molecule has 0 aliphatic carbocycles. The highest BCUT2D eigenvalue weighted by molar-refractivity contribution is 9.10. The fourth-order valence-corrected chi connectivity index (χ4v) is 4.49. The molecule has 4 rings (SSSR count). The zero-order chi connectivity index (χ0) is 22.9. The van der Waals surface area contributed by atoms with Crippen LogP contribution in [0.25, 0.3) is 22.0 Å². The molecule has 0 saturated heterocycles. The van der Waals surface area contributed by atoms with Crippen LogP contribution in [-0.4, -0.2) is 25.5 Å². The number of hydrogen-bond acceptors (Lipinski definition) is 7. The maximum atomic E-state index is 12.9. The number of hydrogen-bond donors (Lipinski definition) is 2. The van der Waals surface area contributed by atoms with Crippen molar-refractivity contribution in [3.8, 4) is 23.1 Å². The lowest BCUT2D eigenvalue weighted by atomic mass is 10.0. The number of nitriles is 1. The van der Waals surface area contributed by atoms with Gasteiger partial charge in [0.2, 0.25) is 5.88 Å². The van der Waals surface area contributed by atoms with Crippen LogP contribution >= 0.6 is 15.9 Å². The van der Waals surface area contributed by atoms with Crippen molar-refractivity contribution in [2.45, 2.75) is 4.90 Å². The minimum atomic E-state index is -3.92. The van der Waals surface area contributed by atoms with Crippen LogP contribution in [0, 0.1) is 11.3 Å². The Morgan fingerprint density at radius 1 is 1.09 bits per heavy atom. The molecule has 2 aromatic heterocycles. The third-order valence-electron chi connectivity index (χ3n) is 4.71. The van der Waals surface area contributed by atoms with E-state index in [0.29, 0.717) is 21.4 Å². The maximum Gasteiger partial charge on any atom is 0.262 e. The third kappa shape index (κ3) is 4.21. The van der Waals surface area contributed by atoms with Gasteiger partial charge in [-0.1, -0.05) is 6.07 Å². The summed E-state index contributed by atoms with van der Waals surface area (Å²) in [5.41, 5.74) is 8.62. The normalized spacial score (nSPS) is 11.2. The second kappa shape index (κ2) is 8.45. The number of fused-ring (bicyclic) bond motifs is 1. The number of nitrogens with two attached hydrogens (primary N) is 1. The number of nitrogens with zero attached hydrogens (tertiary/aromatic N) is 3. The van der Waals surface area contributed by atoms with Gasteiger partial charge < -0.3 is 10.5 Å². The average Bonchev–Trinajstić information content (AvgIpc) is 2.79. The summed E-state index contributed by atoms with van der Waals surface area (Å²) in [6, 6.07) is 16.7. The molecule has 0 saturated carbocycles. The summed E-state index contributed by atoms with van der Waals surface area (Å²) in [4.78, 5) is 8.60. The van der Waals surface area contributed by atoms with Gasteiger partial charge in [0.1, 0.15) is 11.5 Å². The first-order valence-electron chi connectivity index (χ1n) is 9.24. The minimum absolute atomic E-state index is 0.0168. The van der Waals surface area contributed by atoms with E-state index in [0.717, 1.165) is 16.5 Å². The molecule has 0 atom stereocenters. The van der Waals surface area contributed by atoms with E-state index in [4.69, 9.17) is 15.7 Å². The van der Waals surface area contributed by atoms with E-state index in [1.165, 1.54) is 31.4 Å². The highest BCUT2D eigenvalue weighted by atomic mass is 79.9. The monoisotopic (exact) mass is 509 g/mol. The molecule has 0 spiro atoms. The number of rotatable bonds is 5. The summed E-state index contributed by atoms with van der Waals surface area (Å²) < 4.78 is 34.2. The Balaban J connectivity index is 1.73. The van der Waals surface area contributed by atoms with Gasteiger partial charge in [0.25, 0.3) is 10.0 Å². The molecule has 2 aromatic carbocycles. The van der Waals surface area contributed by atoms with E-state index in [1.807, 2.05) is 30.3 Å². The fourth-order valence-electron chi connectivity index (χ4n) is 3.10. The van der Waals surface area contributed by atoms with Crippen LogP contribution in [0.3, 0.4) is 0 Å². The largest absolute Gasteiger partial charge is 0.480 e. The Labute approximate surface area is 192 Å². The van der Waals surface area contributed by atoms with Crippen molar-refractivity contribution >= 4 is 48.4 Å². The lowest BCUT2D eigenvalue weighted by molar-refractivity contribution is 0.400. The summed E-state index contributed by atoms with van der Waals surface area (Å²) in [6.07, 6.45) is 1.60. The van der Waals surface area contributed by atoms with Crippen molar-refractivity contribution in [1.29, 1.82) is 5.26 Å². The van der Waals surface area contributed by atoms with Gasteiger partial charge in [0, 0.05) is 17.1 Å². The molecule has 8 nitrogen and oxygen atoms in total. The number of aromatic nitrogens is 2. The molecular formula is C22H16BrN5O3S. The molecule has 0 fully saturated rings. The number of nitrogens with one attached hydrogen (secondary N) is 1. The number of pyridine rings is 2. The first kappa shape index (κ1) is 21.5. The lowest BCUT2D eigenvalue weighted by Crippen LogP contribution is -2.14. The summed E-state index contributed by atoms with van der Waals surface area (Å²) in [5.74, 6) is 0.528. The molecule has 2 heterocycles. The van der Waals surface area contributed by atoms with Crippen molar-refractivity contribution in [1.82, 2.24) is 9.97 Å². The molecule has 0 unspecified atom stereocenters. The zero-order valence-electron chi connectivity index (χ0n) is 16.7. The van der Waals surface area contributed by atoms with Crippen molar-refractivity contribution in [3.63, 3.8) is 0 Å². The average molecular weight is 510 g/mol. The number of ether oxygens (including phenoxy) is 1. The van der Waals surface area contributed by atoms with Gasteiger partial charge in [-0.15, -0.1) is 0 Å². The van der Waals surface area contributed by atoms with Gasteiger partial charge >= 0.3 is 0 Å². The van der Waals surface area contributed by atoms with Gasteiger partial charge in [-0.25, -0.2) is 18.4 Å². The SMILES string of the molecule is COc1ncc(-c2ccc3nc(N)c(Br)cc3c2)cc1NS(=O)(=O)c1ccc(C#N)cc1. The highest BCUT2D eigenvalue weighted by Gasteiger charge is 2.18. The second-order valence-electron chi connectivity index (χ2n) is 6.79. The number of benzene rings is 2. The standard InChI is InChI=1S/C22H16BrN5O3S/c1-31-22-20(28-32(29,30)17-5-2-13(11-24)3-6-17)10-16(12-26-22)14-4-7-19-15(8-14)9-18(23)21(25)27-19/h2-10,12,28H,1H3,(H2,25,27). The summed E-state index contributed by atoms with van der Waals surface area (Å²) in [6.45, 7) is 0. The quantitative estimate of drug-likeness (QED) is 0.409. The number of sulfonamides is 1. The Kier molecular flexibility index (Phi) is 5.69. The van der Waals surface area contributed by atoms with Crippen LogP contribution < -0.4 is 15.2 Å². The fraction of sp³-hybridized carbons (Fsp3) is 0.0455. The topological polar surface area (TPSA) is 131 Å². The van der Waals surface area contributed by atoms with Gasteiger partial charge in [-0.2, -0.15) is 5.26 Å². The minimum Gasteiger partial charge on any atom is -0.480 e. The van der Waals surface area contributed by atoms with Crippen molar-refractivity contribution in [2.24, 2.45) is 0 Å². The Hall–Kier alpha value is -3.68. The molecular weight excluding hydrogens is 494 g/mol. The van der Waals surface area contributed by atoms with E-state index in [2.05, 4.69) is 30.6 Å². The predicted molar refractivity (Wildman–Crippen MR) is 126 cm³/mol. The van der Waals surface area contributed by atoms with Crippen molar-refractivity contribution in [2.75, 3.05) is 17.6 Å². The number of nitrogen functional groups attached to an aromatic ring is 1. The van der Waals surface area contributed by atoms with Crippen LogP contribution in [0.4, 0.5) is 11.5 Å². The molecule has 0 amide bonds. The van der Waals surface area contributed by atoms with Crippen LogP contribution in [0.15, 0.2) is 70.2 Å². The highest BCUT2D eigenvalue weighted by Crippen LogP contribution is 2.32. The second-order valence-corrected chi connectivity index (χ2v) is 9.32. The van der Waals surface area contributed by atoms with E-state index in [-0.39, 0.29) is 16.5 Å². The molecule has 0 radical (unpaired) electrons. The van der Waals surface area contributed by atoms with Crippen LogP contribution in [0.2, 0.25) is 0 Å². The Morgan fingerprint density at radius 2 is 1.84 bits per heavy atom. The van der Waals surface area contributed by atoms with E-state index >= 15 is 0 Å². The van der Waals surface area contributed by atoms with E-state index in [9.17, 15) is 8.42 Å². The first-order chi connectivity index (χ1) is 15.3. The number of methoxy groups -OCH3 is 1. The molecule has 160 valence electrons. The van der Waals surface area contributed by atoms with Gasteiger partial charge in [-0.05, 0) is 70.0 Å². The van der Waals surface area contributed by atoms with Crippen molar-refractivity contribution < 1.29 is 13.2 Å². The van der Waals surface area contributed by atoms with E-state index < -0.39 is 10.0 Å². The number of halogens is 1. The maximum absolute atomic E-state index is 12.9. The summed E-state index contributed by atoms with van der Waals surface area (Å²) in [7, 11) is -2.52. The smallest absolute Gasteiger partial charge is 0.262 e.